The summed E-state index contributed by atoms with van der Waals surface area (Å²) in [5.41, 5.74) is 5.10. The number of anilines is 2. The van der Waals surface area contributed by atoms with E-state index in [0.717, 1.165) is 51.4 Å². The Hall–Kier alpha value is -2.04. The monoisotopic (exact) mass is 399 g/mol. The van der Waals surface area contributed by atoms with Gasteiger partial charge in [-0.25, -0.2) is 0 Å². The first kappa shape index (κ1) is 20.7. The number of piperazine rings is 1. The molecule has 2 aromatic carbocycles. The molecule has 0 spiro atoms. The van der Waals surface area contributed by atoms with E-state index in [9.17, 15) is 4.79 Å². The predicted molar refractivity (Wildman–Crippen MR) is 119 cm³/mol. The van der Waals surface area contributed by atoms with Crippen LogP contribution in [-0.4, -0.2) is 50.1 Å². The summed E-state index contributed by atoms with van der Waals surface area (Å²) in [6.07, 6.45) is 1.12. The molecular formula is C23H30ClN3O. The second-order valence-electron chi connectivity index (χ2n) is 7.84. The van der Waals surface area contributed by atoms with E-state index in [2.05, 4.69) is 59.2 Å². The first-order valence-corrected chi connectivity index (χ1v) is 10.0. The van der Waals surface area contributed by atoms with E-state index >= 15 is 0 Å². The summed E-state index contributed by atoms with van der Waals surface area (Å²) in [4.78, 5) is 19.0. The SMILES string of the molecule is CC(=O)N1CC(CCN2CCN(c3ccc(C)cc3)CC2)c2ccccc21.Cl. The normalized spacial score (nSPS) is 19.3. The molecule has 0 N–H and O–H groups in total. The molecule has 1 amide bonds. The second kappa shape index (κ2) is 8.97. The summed E-state index contributed by atoms with van der Waals surface area (Å²) in [6, 6.07) is 17.3. The lowest BCUT2D eigenvalue weighted by molar-refractivity contribution is -0.116. The summed E-state index contributed by atoms with van der Waals surface area (Å²) in [5, 5.41) is 0. The Morgan fingerprint density at radius 3 is 2.36 bits per heavy atom. The van der Waals surface area contributed by atoms with E-state index in [1.165, 1.54) is 16.8 Å². The van der Waals surface area contributed by atoms with E-state index in [0.29, 0.717) is 5.92 Å². The van der Waals surface area contributed by atoms with Crippen LogP contribution in [0, 0.1) is 6.92 Å². The van der Waals surface area contributed by atoms with Crippen molar-refractivity contribution in [1.82, 2.24) is 4.90 Å². The van der Waals surface area contributed by atoms with Gasteiger partial charge in [0, 0.05) is 56.9 Å². The zero-order valence-corrected chi connectivity index (χ0v) is 17.6. The van der Waals surface area contributed by atoms with Crippen LogP contribution in [0.5, 0.6) is 0 Å². The van der Waals surface area contributed by atoms with E-state index in [1.54, 1.807) is 6.92 Å². The lowest BCUT2D eigenvalue weighted by Gasteiger charge is -2.36. The fourth-order valence-electron chi connectivity index (χ4n) is 4.36. The predicted octanol–water partition coefficient (Wildman–Crippen LogP) is 4.08. The van der Waals surface area contributed by atoms with Crippen LogP contribution in [0.3, 0.4) is 0 Å². The second-order valence-corrected chi connectivity index (χ2v) is 7.84. The molecule has 5 heteroatoms. The molecule has 150 valence electrons. The number of fused-ring (bicyclic) bond motifs is 1. The minimum absolute atomic E-state index is 0. The Balaban J connectivity index is 0.00000225. The number of para-hydroxylation sites is 1. The van der Waals surface area contributed by atoms with Crippen LogP contribution in [0.4, 0.5) is 11.4 Å². The molecule has 1 fully saturated rings. The third-order valence-electron chi connectivity index (χ3n) is 6.02. The number of carbonyl (C=O) groups is 1. The number of rotatable bonds is 4. The third kappa shape index (κ3) is 4.34. The minimum Gasteiger partial charge on any atom is -0.369 e. The first-order valence-electron chi connectivity index (χ1n) is 10.0. The van der Waals surface area contributed by atoms with E-state index < -0.39 is 0 Å². The minimum atomic E-state index is 0. The molecule has 0 bridgehead atoms. The fraction of sp³-hybridized carbons (Fsp3) is 0.435. The zero-order chi connectivity index (χ0) is 18.8. The van der Waals surface area contributed by atoms with Gasteiger partial charge in [0.2, 0.25) is 5.91 Å². The molecular weight excluding hydrogens is 370 g/mol. The summed E-state index contributed by atoms with van der Waals surface area (Å²) in [7, 11) is 0. The standard InChI is InChI=1S/C23H29N3O.ClH/c1-18-7-9-21(10-8-18)25-15-13-24(14-16-25)12-11-20-17-26(19(2)27)23-6-4-3-5-22(20)23;/h3-10,20H,11-17H2,1-2H3;1H. The van der Waals surface area contributed by atoms with E-state index in [-0.39, 0.29) is 18.3 Å². The number of aryl methyl sites for hydroxylation is 1. The van der Waals surface area contributed by atoms with Crippen molar-refractivity contribution in [3.8, 4) is 0 Å². The van der Waals surface area contributed by atoms with Crippen LogP contribution in [0.2, 0.25) is 0 Å². The molecule has 0 radical (unpaired) electrons. The number of hydrogen-bond acceptors (Lipinski definition) is 3. The average Bonchev–Trinajstić information content (AvgIpc) is 3.07. The van der Waals surface area contributed by atoms with Gasteiger partial charge in [0.05, 0.1) is 0 Å². The van der Waals surface area contributed by atoms with Crippen molar-refractivity contribution in [2.75, 3.05) is 49.1 Å². The molecule has 2 heterocycles. The van der Waals surface area contributed by atoms with Crippen LogP contribution >= 0.6 is 12.4 Å². The van der Waals surface area contributed by atoms with E-state index in [4.69, 9.17) is 0 Å². The van der Waals surface area contributed by atoms with E-state index in [1.807, 2.05) is 11.0 Å². The van der Waals surface area contributed by atoms with Crippen molar-refractivity contribution >= 4 is 29.7 Å². The molecule has 1 saturated heterocycles. The van der Waals surface area contributed by atoms with Crippen molar-refractivity contribution < 1.29 is 4.79 Å². The smallest absolute Gasteiger partial charge is 0.223 e. The molecule has 0 saturated carbocycles. The number of amides is 1. The van der Waals surface area contributed by atoms with Gasteiger partial charge in [-0.3, -0.25) is 9.69 Å². The molecule has 1 atom stereocenters. The average molecular weight is 400 g/mol. The molecule has 4 rings (SSSR count). The molecule has 0 aliphatic carbocycles. The quantitative estimate of drug-likeness (QED) is 0.775. The van der Waals surface area contributed by atoms with Crippen LogP contribution in [0.25, 0.3) is 0 Å². The number of halogens is 1. The van der Waals surface area contributed by atoms with Crippen molar-refractivity contribution in [3.05, 3.63) is 59.7 Å². The lowest BCUT2D eigenvalue weighted by atomic mass is 9.97. The summed E-state index contributed by atoms with van der Waals surface area (Å²) in [5.74, 6) is 0.608. The maximum absolute atomic E-state index is 12.0. The van der Waals surface area contributed by atoms with Gasteiger partial charge in [-0.2, -0.15) is 0 Å². The highest BCUT2D eigenvalue weighted by molar-refractivity contribution is 5.94. The van der Waals surface area contributed by atoms with Crippen molar-refractivity contribution in [1.29, 1.82) is 0 Å². The number of nitrogens with zero attached hydrogens (tertiary/aromatic N) is 3. The third-order valence-corrected chi connectivity index (χ3v) is 6.02. The molecule has 2 aliphatic rings. The van der Waals surface area contributed by atoms with Gasteiger partial charge in [-0.15, -0.1) is 12.4 Å². The molecule has 1 unspecified atom stereocenters. The number of hydrogen-bond donors (Lipinski definition) is 0. The maximum Gasteiger partial charge on any atom is 0.223 e. The van der Waals surface area contributed by atoms with Gasteiger partial charge >= 0.3 is 0 Å². The maximum atomic E-state index is 12.0. The van der Waals surface area contributed by atoms with Crippen LogP contribution < -0.4 is 9.80 Å². The molecule has 0 aromatic heterocycles. The Kier molecular flexibility index (Phi) is 6.63. The number of carbonyl (C=O) groups excluding carboxylic acids is 1. The molecule has 28 heavy (non-hydrogen) atoms. The van der Waals surface area contributed by atoms with Crippen molar-refractivity contribution in [2.45, 2.75) is 26.2 Å². The topological polar surface area (TPSA) is 26.8 Å². The van der Waals surface area contributed by atoms with Gasteiger partial charge in [0.1, 0.15) is 0 Å². The zero-order valence-electron chi connectivity index (χ0n) is 16.8. The van der Waals surface area contributed by atoms with Gasteiger partial charge < -0.3 is 9.80 Å². The highest BCUT2D eigenvalue weighted by atomic mass is 35.5. The Bertz CT molecular complexity index is 800. The first-order chi connectivity index (χ1) is 13.1. The Morgan fingerprint density at radius 1 is 1.00 bits per heavy atom. The van der Waals surface area contributed by atoms with Gasteiger partial charge in [-0.1, -0.05) is 35.9 Å². The largest absolute Gasteiger partial charge is 0.369 e. The van der Waals surface area contributed by atoms with Crippen molar-refractivity contribution in [3.63, 3.8) is 0 Å². The van der Waals surface area contributed by atoms with Crippen LogP contribution in [-0.2, 0) is 4.79 Å². The van der Waals surface area contributed by atoms with Crippen LogP contribution in [0.1, 0.15) is 30.4 Å². The number of benzene rings is 2. The summed E-state index contributed by atoms with van der Waals surface area (Å²) in [6.45, 7) is 10.1. The lowest BCUT2D eigenvalue weighted by Crippen LogP contribution is -2.46. The fourth-order valence-corrected chi connectivity index (χ4v) is 4.36. The van der Waals surface area contributed by atoms with Crippen LogP contribution in [0.15, 0.2) is 48.5 Å². The molecule has 2 aliphatic heterocycles. The Morgan fingerprint density at radius 2 is 1.68 bits per heavy atom. The summed E-state index contributed by atoms with van der Waals surface area (Å²) >= 11 is 0. The molecule has 4 nitrogen and oxygen atoms in total. The van der Waals surface area contributed by atoms with Gasteiger partial charge in [0.15, 0.2) is 0 Å². The van der Waals surface area contributed by atoms with Gasteiger partial charge in [0.25, 0.3) is 0 Å². The Labute approximate surface area is 174 Å². The highest BCUT2D eigenvalue weighted by Gasteiger charge is 2.30. The molecule has 2 aromatic rings. The summed E-state index contributed by atoms with van der Waals surface area (Å²) < 4.78 is 0. The van der Waals surface area contributed by atoms with Crippen molar-refractivity contribution in [2.24, 2.45) is 0 Å². The van der Waals surface area contributed by atoms with Gasteiger partial charge in [-0.05, 0) is 43.7 Å². The highest BCUT2D eigenvalue weighted by Crippen LogP contribution is 2.38.